The van der Waals surface area contributed by atoms with Crippen LogP contribution in [0.1, 0.15) is 32.8 Å². The second kappa shape index (κ2) is 10.6. The third-order valence-corrected chi connectivity index (χ3v) is 12.3. The zero-order valence-corrected chi connectivity index (χ0v) is 23.7. The Hall–Kier alpha value is -3.05. The fraction of sp³-hybridized carbons (Fsp3) is 0.464. The van der Waals surface area contributed by atoms with Gasteiger partial charge in [0.05, 0.1) is 37.7 Å². The normalized spacial score (nSPS) is 22.0. The Balaban J connectivity index is 1.16. The third-order valence-electron chi connectivity index (χ3n) is 7.76. The molecule has 2 aromatic carbocycles. The van der Waals surface area contributed by atoms with Gasteiger partial charge < -0.3 is 24.0 Å². The van der Waals surface area contributed by atoms with Gasteiger partial charge in [-0.25, -0.2) is 4.68 Å². The maximum absolute atomic E-state index is 10.4. The summed E-state index contributed by atoms with van der Waals surface area (Å²) in [6.45, 7) is 12.9. The molecule has 5 rings (SSSR count). The monoisotopic (exact) mass is 535 g/mol. The van der Waals surface area contributed by atoms with E-state index in [1.165, 1.54) is 0 Å². The number of nitrogens with zero attached hydrogens (tertiary/aromatic N) is 5. The van der Waals surface area contributed by atoms with Crippen molar-refractivity contribution in [3.8, 4) is 11.1 Å². The minimum absolute atomic E-state index is 0.0351. The fourth-order valence-electron chi connectivity index (χ4n) is 4.38. The van der Waals surface area contributed by atoms with Crippen LogP contribution in [0.4, 0.5) is 5.69 Å². The van der Waals surface area contributed by atoms with Gasteiger partial charge >= 0.3 is 0 Å². The van der Waals surface area contributed by atoms with E-state index < -0.39 is 14.7 Å². The lowest BCUT2D eigenvalue weighted by molar-refractivity contribution is -0.0924. The minimum atomic E-state index is -1.81. The van der Waals surface area contributed by atoms with E-state index in [-0.39, 0.29) is 17.2 Å². The van der Waals surface area contributed by atoms with E-state index >= 15 is 0 Å². The van der Waals surface area contributed by atoms with Crippen LogP contribution in [0, 0.1) is 0 Å². The molecule has 3 atom stereocenters. The highest BCUT2D eigenvalue weighted by atomic mass is 28.4. The molecule has 1 aromatic heterocycles. The summed E-state index contributed by atoms with van der Waals surface area (Å²) in [5, 5.41) is 22.7. The second-order valence-electron chi connectivity index (χ2n) is 11.5. The predicted octanol–water partition coefficient (Wildman–Crippen LogP) is 4.64. The van der Waals surface area contributed by atoms with Gasteiger partial charge in [0, 0.05) is 18.3 Å². The highest BCUT2D eigenvalue weighted by Crippen LogP contribution is 2.37. The smallest absolute Gasteiger partial charge is 0.238 e. The number of hydrogen-bond acceptors (Lipinski definition) is 8. The molecule has 1 fully saturated rings. The summed E-state index contributed by atoms with van der Waals surface area (Å²) in [7, 11) is -1.81. The van der Waals surface area contributed by atoms with Crippen molar-refractivity contribution in [3.05, 3.63) is 66.5 Å². The first kappa shape index (κ1) is 26.5. The summed E-state index contributed by atoms with van der Waals surface area (Å²) in [5.41, 5.74) is 5.14. The molecule has 38 heavy (non-hydrogen) atoms. The summed E-state index contributed by atoms with van der Waals surface area (Å²) >= 11 is 0. The Morgan fingerprint density at radius 2 is 1.66 bits per heavy atom. The molecule has 2 unspecified atom stereocenters. The van der Waals surface area contributed by atoms with Crippen LogP contribution in [0.15, 0.2) is 66.1 Å². The number of aromatic nitrogens is 3. The molecule has 0 spiro atoms. The summed E-state index contributed by atoms with van der Waals surface area (Å²) in [5.74, 6) is 0. The Kier molecular flexibility index (Phi) is 7.41. The molecule has 0 bridgehead atoms. The number of hydrogen-bond donors (Lipinski definition) is 1. The SMILES string of the molecule is CC(C)(C)[Si](C)(C)OCC1CC(c2ccc(-c3ccc(N4C[C@H](Cn5ccnn5)OC4O)cc3)cc2)=NO1. The van der Waals surface area contributed by atoms with E-state index in [0.717, 1.165) is 34.5 Å². The number of aliphatic hydroxyl groups is 1. The molecule has 3 aromatic rings. The van der Waals surface area contributed by atoms with E-state index in [4.69, 9.17) is 14.0 Å². The van der Waals surface area contributed by atoms with Gasteiger partial charge in [0.25, 0.3) is 0 Å². The molecule has 0 radical (unpaired) electrons. The summed E-state index contributed by atoms with van der Waals surface area (Å²) in [6, 6.07) is 16.5. The Labute approximate surface area is 225 Å². The maximum Gasteiger partial charge on any atom is 0.238 e. The lowest BCUT2D eigenvalue weighted by atomic mass is 10.00. The van der Waals surface area contributed by atoms with Crippen LogP contribution in [0.5, 0.6) is 0 Å². The van der Waals surface area contributed by atoms with Crippen molar-refractivity contribution in [2.45, 2.75) is 70.5 Å². The lowest BCUT2D eigenvalue weighted by Crippen LogP contribution is -2.42. The zero-order chi connectivity index (χ0) is 26.9. The van der Waals surface area contributed by atoms with Crippen LogP contribution < -0.4 is 4.90 Å². The van der Waals surface area contributed by atoms with Crippen molar-refractivity contribution in [1.29, 1.82) is 0 Å². The van der Waals surface area contributed by atoms with Crippen LogP contribution in [0.25, 0.3) is 11.1 Å². The number of anilines is 1. The molecule has 1 saturated heterocycles. The van der Waals surface area contributed by atoms with E-state index in [2.05, 4.69) is 85.7 Å². The van der Waals surface area contributed by atoms with Gasteiger partial charge in [-0.15, -0.1) is 5.10 Å². The lowest BCUT2D eigenvalue weighted by Gasteiger charge is -2.36. The number of benzene rings is 2. The third kappa shape index (κ3) is 5.83. The molecule has 1 N–H and O–H groups in total. The van der Waals surface area contributed by atoms with Gasteiger partial charge in [-0.05, 0) is 47.0 Å². The number of aliphatic hydroxyl groups excluding tert-OH is 1. The van der Waals surface area contributed by atoms with Crippen molar-refractivity contribution in [2.24, 2.45) is 5.16 Å². The first-order valence-corrected chi connectivity index (χ1v) is 16.0. The molecule has 0 saturated carbocycles. The van der Waals surface area contributed by atoms with E-state index in [0.29, 0.717) is 19.7 Å². The number of rotatable bonds is 8. The van der Waals surface area contributed by atoms with Crippen molar-refractivity contribution >= 4 is 19.7 Å². The summed E-state index contributed by atoms with van der Waals surface area (Å²) in [6.07, 6.45) is 2.98. The maximum atomic E-state index is 10.4. The van der Waals surface area contributed by atoms with E-state index in [1.54, 1.807) is 17.1 Å². The summed E-state index contributed by atoms with van der Waals surface area (Å²) < 4.78 is 13.7. The van der Waals surface area contributed by atoms with Crippen LogP contribution in [0.3, 0.4) is 0 Å². The van der Waals surface area contributed by atoms with Crippen molar-refractivity contribution in [3.63, 3.8) is 0 Å². The average molecular weight is 536 g/mol. The highest BCUT2D eigenvalue weighted by Gasteiger charge is 2.38. The average Bonchev–Trinajstić information content (AvgIpc) is 3.65. The van der Waals surface area contributed by atoms with Gasteiger partial charge in [0.1, 0.15) is 0 Å². The minimum Gasteiger partial charge on any atom is -0.413 e. The molecule has 0 amide bonds. The molecule has 2 aliphatic rings. The van der Waals surface area contributed by atoms with Gasteiger partial charge in [-0.1, -0.05) is 67.5 Å². The molecular weight excluding hydrogens is 498 g/mol. The van der Waals surface area contributed by atoms with Crippen LogP contribution in [-0.4, -0.2) is 65.9 Å². The second-order valence-corrected chi connectivity index (χ2v) is 16.3. The Morgan fingerprint density at radius 3 is 2.29 bits per heavy atom. The molecule has 9 nitrogen and oxygen atoms in total. The highest BCUT2D eigenvalue weighted by molar-refractivity contribution is 6.74. The molecular formula is C28H37N5O4Si. The van der Waals surface area contributed by atoms with Crippen molar-refractivity contribution in [2.75, 3.05) is 18.1 Å². The van der Waals surface area contributed by atoms with Gasteiger partial charge in [0.15, 0.2) is 14.4 Å². The molecule has 202 valence electrons. The van der Waals surface area contributed by atoms with Crippen molar-refractivity contribution in [1.82, 2.24) is 15.0 Å². The Morgan fingerprint density at radius 1 is 1.00 bits per heavy atom. The molecule has 10 heteroatoms. The molecule has 3 heterocycles. The fourth-order valence-corrected chi connectivity index (χ4v) is 5.41. The van der Waals surface area contributed by atoms with Crippen LogP contribution in [0.2, 0.25) is 18.1 Å². The quantitative estimate of drug-likeness (QED) is 0.420. The molecule has 2 aliphatic heterocycles. The van der Waals surface area contributed by atoms with E-state index in [9.17, 15) is 5.11 Å². The zero-order valence-electron chi connectivity index (χ0n) is 22.7. The summed E-state index contributed by atoms with van der Waals surface area (Å²) in [4.78, 5) is 7.54. The van der Waals surface area contributed by atoms with Gasteiger partial charge in [-0.3, -0.25) is 0 Å². The van der Waals surface area contributed by atoms with Crippen LogP contribution >= 0.6 is 0 Å². The van der Waals surface area contributed by atoms with Gasteiger partial charge in [-0.2, -0.15) is 0 Å². The Bertz CT molecular complexity index is 1240. The first-order valence-electron chi connectivity index (χ1n) is 13.1. The van der Waals surface area contributed by atoms with Gasteiger partial charge in [0.2, 0.25) is 6.41 Å². The predicted molar refractivity (Wildman–Crippen MR) is 149 cm³/mol. The largest absolute Gasteiger partial charge is 0.413 e. The van der Waals surface area contributed by atoms with Crippen LogP contribution in [-0.2, 0) is 20.5 Å². The number of ether oxygens (including phenoxy) is 1. The number of oxime groups is 1. The molecule has 0 aliphatic carbocycles. The van der Waals surface area contributed by atoms with E-state index in [1.807, 2.05) is 17.0 Å². The topological polar surface area (TPSA) is 94.2 Å². The van der Waals surface area contributed by atoms with Crippen molar-refractivity contribution < 1.29 is 19.1 Å². The standard InChI is InChI=1S/C28H37N5O4Si/c1-28(2,3)38(4,5)35-19-24-16-26(30-37-24)22-8-6-20(7-9-22)21-10-12-23(13-11-21)33-18-25(36-27(33)34)17-32-15-14-29-31-32/h6-15,24-25,27,34H,16-19H2,1-5H3/t24?,25-,27?/m0/s1. The first-order chi connectivity index (χ1) is 18.1.